The molecule has 3 atom stereocenters. The third-order valence-electron chi connectivity index (χ3n) is 4.94. The second kappa shape index (κ2) is 8.59. The Labute approximate surface area is 188 Å². The summed E-state index contributed by atoms with van der Waals surface area (Å²) in [4.78, 5) is 11.5. The van der Waals surface area contributed by atoms with E-state index in [-0.39, 0.29) is 40.1 Å². The van der Waals surface area contributed by atoms with E-state index in [0.717, 1.165) is 5.56 Å². The summed E-state index contributed by atoms with van der Waals surface area (Å²) in [5.41, 5.74) is 0.929. The molecular formula is C21H17F4N2O2P3. The van der Waals surface area contributed by atoms with Gasteiger partial charge in [0.2, 0.25) is 0 Å². The number of nitrogens with one attached hydrogen (secondary N) is 2. The molecule has 0 aliphatic carbocycles. The lowest BCUT2D eigenvalue weighted by molar-refractivity contribution is -0.189. The zero-order valence-corrected chi connectivity index (χ0v) is 19.8. The highest BCUT2D eigenvalue weighted by atomic mass is 31.0. The van der Waals surface area contributed by atoms with Crippen LogP contribution in [0.5, 0.6) is 5.75 Å². The number of halogens is 4. The van der Waals surface area contributed by atoms with Gasteiger partial charge in [-0.1, -0.05) is 30.3 Å². The van der Waals surface area contributed by atoms with Crippen LogP contribution in [-0.4, -0.2) is 12.0 Å². The number of benzene rings is 3. The number of fused-ring (bicyclic) bond motifs is 1. The maximum atomic E-state index is 15.2. The SMILES string of the molecule is O=C1Nc2cc(-c3c(F)c(F)c(NCc4ccccc4)c(P)c3P)c(P)cc2OC1(F)F. The lowest BCUT2D eigenvalue weighted by Crippen LogP contribution is -2.43. The van der Waals surface area contributed by atoms with Crippen molar-refractivity contribution in [2.45, 2.75) is 12.7 Å². The Bertz CT molecular complexity index is 1210. The van der Waals surface area contributed by atoms with E-state index in [1.807, 2.05) is 35.6 Å². The fraction of sp³-hybridized carbons (Fsp3) is 0.0952. The molecule has 0 saturated heterocycles. The van der Waals surface area contributed by atoms with Crippen LogP contribution in [0.2, 0.25) is 0 Å². The van der Waals surface area contributed by atoms with E-state index in [9.17, 15) is 13.6 Å². The summed E-state index contributed by atoms with van der Waals surface area (Å²) in [5, 5.41) is 5.98. The molecule has 1 heterocycles. The Hall–Kier alpha value is -2.26. The molecule has 3 aromatic carbocycles. The molecule has 0 spiro atoms. The number of rotatable bonds is 4. The summed E-state index contributed by atoms with van der Waals surface area (Å²) in [6.07, 6.45) is -4.02. The number of alkyl halides is 2. The van der Waals surface area contributed by atoms with Gasteiger partial charge < -0.3 is 15.4 Å². The van der Waals surface area contributed by atoms with Crippen molar-refractivity contribution in [1.29, 1.82) is 0 Å². The molecule has 3 unspecified atom stereocenters. The molecule has 0 bridgehead atoms. The van der Waals surface area contributed by atoms with Crippen LogP contribution >= 0.6 is 27.7 Å². The zero-order valence-electron chi connectivity index (χ0n) is 16.3. The van der Waals surface area contributed by atoms with Crippen molar-refractivity contribution in [3.05, 3.63) is 59.7 Å². The van der Waals surface area contributed by atoms with E-state index < -0.39 is 23.7 Å². The highest BCUT2D eigenvalue weighted by molar-refractivity contribution is 7.36. The smallest absolute Gasteiger partial charge is 0.423 e. The number of anilines is 2. The summed E-state index contributed by atoms with van der Waals surface area (Å²) in [6, 6.07) is 11.7. The first-order valence-electron chi connectivity index (χ1n) is 9.26. The fourth-order valence-electron chi connectivity index (χ4n) is 3.32. The molecule has 0 aromatic heterocycles. The quantitative estimate of drug-likeness (QED) is 0.427. The molecule has 0 saturated carbocycles. The Morgan fingerprint density at radius 2 is 1.69 bits per heavy atom. The average molecular weight is 498 g/mol. The van der Waals surface area contributed by atoms with Crippen LogP contribution in [0, 0.1) is 11.6 Å². The number of ether oxygens (including phenoxy) is 1. The third kappa shape index (κ3) is 4.08. The van der Waals surface area contributed by atoms with E-state index in [2.05, 4.69) is 37.8 Å². The highest BCUT2D eigenvalue weighted by Crippen LogP contribution is 2.39. The molecule has 166 valence electrons. The molecule has 3 aromatic rings. The van der Waals surface area contributed by atoms with Crippen LogP contribution in [0.3, 0.4) is 0 Å². The van der Waals surface area contributed by atoms with Crippen molar-refractivity contribution in [1.82, 2.24) is 0 Å². The van der Waals surface area contributed by atoms with Gasteiger partial charge in [0.25, 0.3) is 0 Å². The van der Waals surface area contributed by atoms with Crippen molar-refractivity contribution in [2.24, 2.45) is 0 Å². The van der Waals surface area contributed by atoms with Crippen LogP contribution in [0.15, 0.2) is 42.5 Å². The molecular weight excluding hydrogens is 481 g/mol. The zero-order chi connectivity index (χ0) is 23.2. The number of hydrogen-bond donors (Lipinski definition) is 2. The van der Waals surface area contributed by atoms with Crippen molar-refractivity contribution in [3.8, 4) is 16.9 Å². The largest absolute Gasteiger partial charge is 0.482 e. The summed E-state index contributed by atoms with van der Waals surface area (Å²) in [5.74, 6) is -4.12. The standard InChI is InChI=1S/C21H17F4N2O2P3/c22-15-14(10-6-11-12(7-13(10)30)29-21(24,25)20(28)27-11)18(31)19(32)17(16(15)23)26-8-9-4-2-1-3-5-9/h1-7,26H,8,30-32H2,(H,27,28). The molecule has 1 aliphatic heterocycles. The van der Waals surface area contributed by atoms with Gasteiger partial charge in [0.05, 0.1) is 11.4 Å². The van der Waals surface area contributed by atoms with E-state index in [1.165, 1.54) is 12.1 Å². The summed E-state index contributed by atoms with van der Waals surface area (Å²) in [6.45, 7) is 0.285. The van der Waals surface area contributed by atoms with Gasteiger partial charge in [0, 0.05) is 17.4 Å². The van der Waals surface area contributed by atoms with E-state index >= 15 is 8.78 Å². The topological polar surface area (TPSA) is 50.4 Å². The second-order valence-corrected chi connectivity index (χ2v) is 8.83. The second-order valence-electron chi connectivity index (χ2n) is 7.05. The van der Waals surface area contributed by atoms with Crippen LogP contribution in [0.4, 0.5) is 28.9 Å². The molecule has 11 heteroatoms. The normalized spacial score (nSPS) is 14.4. The number of amides is 1. The first-order chi connectivity index (χ1) is 15.1. The Balaban J connectivity index is 1.77. The van der Waals surface area contributed by atoms with E-state index in [1.54, 1.807) is 0 Å². The average Bonchev–Trinajstić information content (AvgIpc) is 2.75. The Morgan fingerprint density at radius 3 is 2.38 bits per heavy atom. The van der Waals surface area contributed by atoms with Crippen molar-refractivity contribution in [2.75, 3.05) is 10.6 Å². The summed E-state index contributed by atoms with van der Waals surface area (Å²) in [7, 11) is 7.06. The third-order valence-corrected chi connectivity index (χ3v) is 6.95. The summed E-state index contributed by atoms with van der Waals surface area (Å²) >= 11 is 0. The minimum atomic E-state index is -4.02. The highest BCUT2D eigenvalue weighted by Gasteiger charge is 2.46. The maximum Gasteiger partial charge on any atom is 0.482 e. The molecule has 4 nitrogen and oxygen atoms in total. The maximum absolute atomic E-state index is 15.2. The van der Waals surface area contributed by atoms with Gasteiger partial charge in [-0.2, -0.15) is 8.78 Å². The fourth-order valence-corrected chi connectivity index (χ4v) is 4.50. The minimum absolute atomic E-state index is 0.00959. The predicted molar refractivity (Wildman–Crippen MR) is 128 cm³/mol. The Morgan fingerprint density at radius 1 is 1.00 bits per heavy atom. The number of carbonyl (C=O) groups excluding carboxylic acids is 1. The monoisotopic (exact) mass is 498 g/mol. The van der Waals surface area contributed by atoms with E-state index in [0.29, 0.717) is 10.6 Å². The lowest BCUT2D eigenvalue weighted by atomic mass is 10.0. The minimum Gasteiger partial charge on any atom is -0.423 e. The van der Waals surface area contributed by atoms with Gasteiger partial charge in [0.1, 0.15) is 0 Å². The Kier molecular flexibility index (Phi) is 6.15. The van der Waals surface area contributed by atoms with Gasteiger partial charge in [-0.05, 0) is 33.9 Å². The van der Waals surface area contributed by atoms with Gasteiger partial charge in [-0.25, -0.2) is 8.78 Å². The molecule has 0 fully saturated rings. The first-order valence-corrected chi connectivity index (χ1v) is 11.0. The van der Waals surface area contributed by atoms with Gasteiger partial charge in [-0.3, -0.25) is 4.79 Å². The van der Waals surface area contributed by atoms with Crippen molar-refractivity contribution in [3.63, 3.8) is 0 Å². The van der Waals surface area contributed by atoms with Gasteiger partial charge in [0.15, 0.2) is 17.4 Å². The van der Waals surface area contributed by atoms with Crippen LogP contribution in [0.25, 0.3) is 11.1 Å². The number of hydrogen-bond acceptors (Lipinski definition) is 3. The van der Waals surface area contributed by atoms with Gasteiger partial charge >= 0.3 is 12.0 Å². The molecule has 4 rings (SSSR count). The number of carbonyl (C=O) groups is 1. The first kappa shape index (κ1) is 22.9. The van der Waals surface area contributed by atoms with E-state index in [4.69, 9.17) is 0 Å². The van der Waals surface area contributed by atoms with Crippen LogP contribution < -0.4 is 31.3 Å². The predicted octanol–water partition coefficient (Wildman–Crippen LogP) is 3.67. The van der Waals surface area contributed by atoms with Gasteiger partial charge in [-0.15, -0.1) is 27.7 Å². The van der Waals surface area contributed by atoms with Crippen molar-refractivity contribution < 1.29 is 27.1 Å². The van der Waals surface area contributed by atoms with Crippen molar-refractivity contribution >= 4 is 60.9 Å². The van der Waals surface area contributed by atoms with Crippen LogP contribution in [0.1, 0.15) is 5.56 Å². The summed E-state index contributed by atoms with van der Waals surface area (Å²) < 4.78 is 61.8. The van der Waals surface area contributed by atoms with Crippen LogP contribution in [-0.2, 0) is 11.3 Å². The molecule has 2 N–H and O–H groups in total. The molecule has 0 radical (unpaired) electrons. The molecule has 1 amide bonds. The molecule has 1 aliphatic rings. The molecule has 32 heavy (non-hydrogen) atoms. The lowest BCUT2D eigenvalue weighted by Gasteiger charge is -2.26.